The van der Waals surface area contributed by atoms with Crippen LogP contribution in [0.2, 0.25) is 0 Å². The summed E-state index contributed by atoms with van der Waals surface area (Å²) in [6, 6.07) is 4.06. The Labute approximate surface area is 277 Å². The molecule has 0 unspecified atom stereocenters. The maximum Gasteiger partial charge on any atom is 0.323 e. The Morgan fingerprint density at radius 1 is 1.13 bits per heavy atom. The first-order chi connectivity index (χ1) is 20.5. The molecule has 0 radical (unpaired) electrons. The molecular weight excluding hydrogens is 643 g/mol. The fourth-order valence-corrected chi connectivity index (χ4v) is 6.71. The second-order valence-corrected chi connectivity index (χ2v) is 13.2. The number of carbonyl (C=O) groups excluding carboxylic acids is 1. The van der Waals surface area contributed by atoms with Crippen LogP contribution in [0.3, 0.4) is 0 Å². The molecule has 1 fully saturated rings. The average molecular weight is 690 g/mol. The Morgan fingerprint density at radius 3 is 2.44 bits per heavy atom. The minimum Gasteiger partial charge on any atom is -0.493 e. The predicted molar refractivity (Wildman–Crippen MR) is 180 cm³/mol. The van der Waals surface area contributed by atoms with E-state index in [9.17, 15) is 18.0 Å². The fraction of sp³-hybridized carbons (Fsp3) is 0.567. The van der Waals surface area contributed by atoms with Crippen LogP contribution in [0, 0.1) is 5.92 Å². The third-order valence-electron chi connectivity index (χ3n) is 7.75. The van der Waals surface area contributed by atoms with Crippen molar-refractivity contribution in [2.24, 2.45) is 18.7 Å². The second-order valence-electron chi connectivity index (χ2n) is 11.3. The van der Waals surface area contributed by atoms with Crippen molar-refractivity contribution in [2.45, 2.75) is 57.9 Å². The summed E-state index contributed by atoms with van der Waals surface area (Å²) in [5.41, 5.74) is 7.99. The molecule has 0 bridgehead atoms. The van der Waals surface area contributed by atoms with Gasteiger partial charge in [0, 0.05) is 46.0 Å². The lowest BCUT2D eigenvalue weighted by atomic mass is 10.1. The number of benzene rings is 1. The van der Waals surface area contributed by atoms with Crippen LogP contribution in [0.25, 0.3) is 22.4 Å². The van der Waals surface area contributed by atoms with Crippen LogP contribution in [0.5, 0.6) is 5.75 Å². The van der Waals surface area contributed by atoms with E-state index in [-0.39, 0.29) is 53.6 Å². The number of nitrogens with two attached hydrogens (primary N) is 1. The summed E-state index contributed by atoms with van der Waals surface area (Å²) >= 11 is 0. The van der Waals surface area contributed by atoms with Gasteiger partial charge in [0.25, 0.3) is 5.56 Å². The third-order valence-corrected chi connectivity index (χ3v) is 9.64. The molecule has 1 aliphatic rings. The molecule has 0 spiro atoms. The van der Waals surface area contributed by atoms with Gasteiger partial charge < -0.3 is 29.7 Å². The summed E-state index contributed by atoms with van der Waals surface area (Å²) in [5, 5.41) is 0. The maximum absolute atomic E-state index is 13.7. The molecule has 15 heteroatoms. The number of H-pyrrole nitrogens is 1. The van der Waals surface area contributed by atoms with Gasteiger partial charge in [-0.1, -0.05) is 27.2 Å². The Balaban J connectivity index is 0.00000353. The zero-order valence-corrected chi connectivity index (χ0v) is 29.0. The molecule has 0 aliphatic carbocycles. The molecule has 3 heterocycles. The Hall–Kier alpha value is -2.68. The van der Waals surface area contributed by atoms with E-state index in [4.69, 9.17) is 20.2 Å². The van der Waals surface area contributed by atoms with Crippen LogP contribution >= 0.6 is 24.8 Å². The lowest BCUT2D eigenvalue weighted by Crippen LogP contribution is -2.48. The van der Waals surface area contributed by atoms with Crippen LogP contribution < -0.4 is 16.0 Å². The number of ether oxygens (including phenoxy) is 2. The van der Waals surface area contributed by atoms with E-state index >= 15 is 0 Å². The first-order valence-corrected chi connectivity index (χ1v) is 16.4. The molecule has 3 aromatic rings. The number of carbonyl (C=O) groups is 1. The average Bonchev–Trinajstić information content (AvgIpc) is 3.30. The molecule has 0 amide bonds. The van der Waals surface area contributed by atoms with E-state index in [1.165, 1.54) is 16.4 Å². The van der Waals surface area contributed by atoms with Gasteiger partial charge >= 0.3 is 5.97 Å². The second kappa shape index (κ2) is 16.8. The van der Waals surface area contributed by atoms with Gasteiger partial charge in [-0.05, 0) is 49.4 Å². The molecule has 1 saturated heterocycles. The van der Waals surface area contributed by atoms with Crippen molar-refractivity contribution >= 4 is 51.8 Å². The highest BCUT2D eigenvalue weighted by Gasteiger charge is 2.30. The Morgan fingerprint density at radius 2 is 1.82 bits per heavy atom. The zero-order chi connectivity index (χ0) is 31.3. The van der Waals surface area contributed by atoms with Crippen molar-refractivity contribution in [2.75, 3.05) is 45.9 Å². The number of rotatable bonds is 13. The van der Waals surface area contributed by atoms with Crippen LogP contribution in [-0.2, 0) is 33.0 Å². The number of aromatic amines is 1. The lowest BCUT2D eigenvalue weighted by Gasteiger charge is -2.34. The van der Waals surface area contributed by atoms with Crippen molar-refractivity contribution < 1.29 is 22.7 Å². The van der Waals surface area contributed by atoms with E-state index in [1.807, 2.05) is 34.0 Å². The van der Waals surface area contributed by atoms with Gasteiger partial charge in [0.15, 0.2) is 0 Å². The van der Waals surface area contributed by atoms with Crippen molar-refractivity contribution in [1.29, 1.82) is 0 Å². The van der Waals surface area contributed by atoms with Crippen molar-refractivity contribution in [3.8, 4) is 17.1 Å². The van der Waals surface area contributed by atoms with Gasteiger partial charge in [-0.2, -0.15) is 4.31 Å². The zero-order valence-electron chi connectivity index (χ0n) is 26.6. The predicted octanol–water partition coefficient (Wildman–Crippen LogP) is 3.35. The van der Waals surface area contributed by atoms with Gasteiger partial charge in [0.05, 0.1) is 29.2 Å². The number of fused-ring (bicyclic) bond motifs is 1. The quantitative estimate of drug-likeness (QED) is 0.203. The van der Waals surface area contributed by atoms with Crippen molar-refractivity contribution in [1.82, 2.24) is 23.7 Å². The SMILES string of the molecule is CCCc1cn(C)c2c(=O)[nH]c(-c3cc(S(=O)(=O)N4CCN(CCCOC(=O)[C@@H](N)C(C)C)CC4)ccc3OCC)nc12.Cl.Cl. The fourth-order valence-electron chi connectivity index (χ4n) is 5.27. The topological polar surface area (TPSA) is 153 Å². The molecule has 3 N–H and O–H groups in total. The van der Waals surface area contributed by atoms with Gasteiger partial charge in [-0.25, -0.2) is 13.4 Å². The number of halogens is 2. The number of hydrogen-bond acceptors (Lipinski definition) is 9. The summed E-state index contributed by atoms with van der Waals surface area (Å²) in [7, 11) is -2.01. The standard InChI is InChI=1S/C30H44N6O6S.2ClH/c1-6-9-21-19-34(5)27-26(21)32-28(33-29(27)37)23-18-22(10-11-24(23)41-7-2)43(39,40)36-15-13-35(14-16-36)12-8-17-42-30(38)25(31)20(3)4;;/h10-11,18-20,25H,6-9,12-17,31H2,1-5H3,(H,32,33,37);2*1H/t25-;;/m0../s1. The van der Waals surface area contributed by atoms with E-state index in [0.29, 0.717) is 68.1 Å². The smallest absolute Gasteiger partial charge is 0.323 e. The molecular formula is C30H46Cl2N6O6S. The lowest BCUT2D eigenvalue weighted by molar-refractivity contribution is -0.146. The van der Waals surface area contributed by atoms with Gasteiger partial charge in [-0.3, -0.25) is 9.59 Å². The Kier molecular flexibility index (Phi) is 14.3. The largest absolute Gasteiger partial charge is 0.493 e. The van der Waals surface area contributed by atoms with Gasteiger partial charge in [0.2, 0.25) is 10.0 Å². The summed E-state index contributed by atoms with van der Waals surface area (Å²) in [5.74, 6) is 0.321. The number of nitrogens with one attached hydrogen (secondary N) is 1. The number of hydrogen-bond donors (Lipinski definition) is 2. The molecule has 1 atom stereocenters. The van der Waals surface area contributed by atoms with E-state index in [2.05, 4.69) is 16.8 Å². The minimum absolute atomic E-state index is 0. The molecule has 4 rings (SSSR count). The summed E-state index contributed by atoms with van der Waals surface area (Å²) in [6.07, 6.45) is 4.22. The first-order valence-electron chi connectivity index (χ1n) is 15.0. The monoisotopic (exact) mass is 688 g/mol. The van der Waals surface area contributed by atoms with Crippen molar-refractivity contribution in [3.05, 3.63) is 40.3 Å². The number of aryl methyl sites for hydroxylation is 2. The first kappa shape index (κ1) is 38.5. The summed E-state index contributed by atoms with van der Waals surface area (Å²) < 4.78 is 41.8. The normalized spacial score (nSPS) is 15.0. The van der Waals surface area contributed by atoms with Gasteiger partial charge in [0.1, 0.15) is 23.1 Å². The highest BCUT2D eigenvalue weighted by molar-refractivity contribution is 7.89. The Bertz CT molecular complexity index is 1600. The van der Waals surface area contributed by atoms with Crippen LogP contribution in [0.4, 0.5) is 0 Å². The summed E-state index contributed by atoms with van der Waals surface area (Å²) in [6.45, 7) is 10.8. The van der Waals surface area contributed by atoms with Crippen LogP contribution in [0.1, 0.15) is 46.1 Å². The van der Waals surface area contributed by atoms with E-state index in [1.54, 1.807) is 10.6 Å². The number of piperazine rings is 1. The van der Waals surface area contributed by atoms with Crippen LogP contribution in [-0.4, -0.2) is 90.1 Å². The van der Waals surface area contributed by atoms with Crippen molar-refractivity contribution in [3.63, 3.8) is 0 Å². The maximum atomic E-state index is 13.7. The molecule has 1 aliphatic heterocycles. The summed E-state index contributed by atoms with van der Waals surface area (Å²) in [4.78, 5) is 35.0. The molecule has 12 nitrogen and oxygen atoms in total. The van der Waals surface area contributed by atoms with E-state index in [0.717, 1.165) is 18.4 Å². The van der Waals surface area contributed by atoms with E-state index < -0.39 is 22.0 Å². The third kappa shape index (κ3) is 8.78. The van der Waals surface area contributed by atoms with Gasteiger partial charge in [-0.15, -0.1) is 24.8 Å². The van der Waals surface area contributed by atoms with Crippen LogP contribution in [0.15, 0.2) is 34.1 Å². The molecule has 1 aromatic carbocycles. The highest BCUT2D eigenvalue weighted by atomic mass is 35.5. The molecule has 0 saturated carbocycles. The number of aromatic nitrogens is 3. The minimum atomic E-state index is -3.82. The molecule has 252 valence electrons. The molecule has 45 heavy (non-hydrogen) atoms. The number of esters is 1. The highest BCUT2D eigenvalue weighted by Crippen LogP contribution is 2.32. The number of nitrogens with zero attached hydrogens (tertiary/aromatic N) is 4. The number of sulfonamides is 1. The molecule has 2 aromatic heterocycles.